The van der Waals surface area contributed by atoms with Crippen LogP contribution in [-0.2, 0) is 0 Å². The third kappa shape index (κ3) is 4.67. The molecule has 1 rings (SSSR count). The average molecular weight is 216 g/mol. The lowest BCUT2D eigenvalue weighted by Gasteiger charge is -2.29. The van der Waals surface area contributed by atoms with Crippen LogP contribution in [0.3, 0.4) is 0 Å². The fourth-order valence-electron chi connectivity index (χ4n) is 2.03. The fraction of sp³-hybridized carbons (Fsp3) is 1.00. The lowest BCUT2D eigenvalue weighted by Crippen LogP contribution is -2.42. The average Bonchev–Trinajstić information content (AvgIpc) is 2.18. The van der Waals surface area contributed by atoms with E-state index < -0.39 is 0 Å². The monoisotopic (exact) mass is 216 g/mol. The van der Waals surface area contributed by atoms with Crippen LogP contribution in [0.4, 0.5) is 0 Å². The molecule has 1 aliphatic carbocycles. The maximum Gasteiger partial charge on any atom is 0.0132 e. The van der Waals surface area contributed by atoms with E-state index in [9.17, 15) is 0 Å². The SMILES string of the molecule is CCSCC(C)NC1CCC(N)CC1. The molecule has 0 spiro atoms. The van der Waals surface area contributed by atoms with E-state index in [1.165, 1.54) is 37.2 Å². The zero-order chi connectivity index (χ0) is 10.4. The van der Waals surface area contributed by atoms with Crippen LogP contribution in [-0.4, -0.2) is 29.6 Å². The Morgan fingerprint density at radius 2 is 2.00 bits per heavy atom. The molecule has 1 atom stereocenters. The van der Waals surface area contributed by atoms with Gasteiger partial charge in [-0.15, -0.1) is 0 Å². The molecule has 1 saturated carbocycles. The molecule has 3 heteroatoms. The number of rotatable bonds is 5. The standard InChI is InChI=1S/C11H24N2S/c1-3-14-8-9(2)13-11-6-4-10(12)5-7-11/h9-11,13H,3-8,12H2,1-2H3. The Morgan fingerprint density at radius 1 is 1.36 bits per heavy atom. The van der Waals surface area contributed by atoms with Crippen molar-refractivity contribution in [3.8, 4) is 0 Å². The van der Waals surface area contributed by atoms with Gasteiger partial charge in [-0.25, -0.2) is 0 Å². The van der Waals surface area contributed by atoms with Crippen LogP contribution >= 0.6 is 11.8 Å². The lowest BCUT2D eigenvalue weighted by molar-refractivity contribution is 0.327. The summed E-state index contributed by atoms with van der Waals surface area (Å²) in [6, 6.07) is 1.84. The van der Waals surface area contributed by atoms with Crippen molar-refractivity contribution in [3.63, 3.8) is 0 Å². The van der Waals surface area contributed by atoms with Gasteiger partial charge >= 0.3 is 0 Å². The van der Waals surface area contributed by atoms with E-state index >= 15 is 0 Å². The quantitative estimate of drug-likeness (QED) is 0.738. The largest absolute Gasteiger partial charge is 0.328 e. The van der Waals surface area contributed by atoms with Gasteiger partial charge in [0.25, 0.3) is 0 Å². The van der Waals surface area contributed by atoms with Crippen molar-refractivity contribution >= 4 is 11.8 Å². The highest BCUT2D eigenvalue weighted by Crippen LogP contribution is 2.17. The van der Waals surface area contributed by atoms with Crippen LogP contribution < -0.4 is 11.1 Å². The zero-order valence-corrected chi connectivity index (χ0v) is 10.3. The summed E-state index contributed by atoms with van der Waals surface area (Å²) in [4.78, 5) is 0. The minimum absolute atomic E-state index is 0.466. The van der Waals surface area contributed by atoms with Crippen molar-refractivity contribution in [2.45, 2.75) is 57.7 Å². The van der Waals surface area contributed by atoms with Crippen LogP contribution in [0.1, 0.15) is 39.5 Å². The van der Waals surface area contributed by atoms with Crippen molar-refractivity contribution in [2.24, 2.45) is 5.73 Å². The van der Waals surface area contributed by atoms with Gasteiger partial charge in [-0.05, 0) is 38.4 Å². The topological polar surface area (TPSA) is 38.0 Å². The van der Waals surface area contributed by atoms with Crippen molar-refractivity contribution in [2.75, 3.05) is 11.5 Å². The van der Waals surface area contributed by atoms with Crippen molar-refractivity contribution < 1.29 is 0 Å². The van der Waals surface area contributed by atoms with Gasteiger partial charge in [0, 0.05) is 23.9 Å². The third-order valence-corrected chi connectivity index (χ3v) is 4.01. The Labute approximate surface area is 92.4 Å². The van der Waals surface area contributed by atoms with E-state index in [0.717, 1.165) is 6.04 Å². The highest BCUT2D eigenvalue weighted by Gasteiger charge is 2.19. The second-order valence-corrected chi connectivity index (χ2v) is 5.66. The van der Waals surface area contributed by atoms with Gasteiger partial charge in [0.15, 0.2) is 0 Å². The molecule has 0 amide bonds. The van der Waals surface area contributed by atoms with Crippen LogP contribution in [0.5, 0.6) is 0 Å². The molecule has 0 aromatic heterocycles. The molecule has 1 unspecified atom stereocenters. The molecule has 3 N–H and O–H groups in total. The minimum Gasteiger partial charge on any atom is -0.328 e. The van der Waals surface area contributed by atoms with Gasteiger partial charge in [0.05, 0.1) is 0 Å². The number of thioether (sulfide) groups is 1. The summed E-state index contributed by atoms with van der Waals surface area (Å²) in [6.07, 6.45) is 4.93. The Bertz CT molecular complexity index is 144. The predicted octanol–water partition coefficient (Wildman–Crippen LogP) is 1.99. The molecular formula is C11H24N2S. The maximum atomic E-state index is 5.88. The lowest BCUT2D eigenvalue weighted by atomic mass is 9.91. The maximum absolute atomic E-state index is 5.88. The number of hydrogen-bond acceptors (Lipinski definition) is 3. The van der Waals surface area contributed by atoms with Gasteiger partial charge in [0.1, 0.15) is 0 Å². The smallest absolute Gasteiger partial charge is 0.0132 e. The first kappa shape index (κ1) is 12.3. The summed E-state index contributed by atoms with van der Waals surface area (Å²) in [6.45, 7) is 4.51. The second kappa shape index (κ2) is 6.70. The molecule has 84 valence electrons. The molecule has 0 bridgehead atoms. The van der Waals surface area contributed by atoms with E-state index in [0.29, 0.717) is 12.1 Å². The summed E-state index contributed by atoms with van der Waals surface area (Å²) >= 11 is 2.02. The Balaban J connectivity index is 2.10. The van der Waals surface area contributed by atoms with E-state index in [1.807, 2.05) is 11.8 Å². The molecule has 0 aromatic rings. The van der Waals surface area contributed by atoms with Gasteiger partial charge in [-0.3, -0.25) is 0 Å². The first-order valence-electron chi connectivity index (χ1n) is 5.81. The molecule has 1 aliphatic rings. The van der Waals surface area contributed by atoms with E-state index in [-0.39, 0.29) is 0 Å². The van der Waals surface area contributed by atoms with Gasteiger partial charge in [0.2, 0.25) is 0 Å². The number of hydrogen-bond donors (Lipinski definition) is 2. The molecule has 0 saturated heterocycles. The summed E-state index contributed by atoms with van der Waals surface area (Å²) < 4.78 is 0. The van der Waals surface area contributed by atoms with Crippen LogP contribution in [0, 0.1) is 0 Å². The van der Waals surface area contributed by atoms with E-state index in [1.54, 1.807) is 0 Å². The van der Waals surface area contributed by atoms with Crippen LogP contribution in [0.2, 0.25) is 0 Å². The minimum atomic E-state index is 0.466. The zero-order valence-electron chi connectivity index (χ0n) is 9.46. The fourth-order valence-corrected chi connectivity index (χ4v) is 2.72. The molecular weight excluding hydrogens is 192 g/mol. The summed E-state index contributed by atoms with van der Waals surface area (Å²) in [7, 11) is 0. The first-order valence-corrected chi connectivity index (χ1v) is 6.97. The van der Waals surface area contributed by atoms with E-state index in [2.05, 4.69) is 19.2 Å². The molecule has 0 heterocycles. The van der Waals surface area contributed by atoms with Crippen molar-refractivity contribution in [1.29, 1.82) is 0 Å². The molecule has 2 nitrogen and oxygen atoms in total. The third-order valence-electron chi connectivity index (χ3n) is 2.86. The highest BCUT2D eigenvalue weighted by molar-refractivity contribution is 7.99. The predicted molar refractivity (Wildman–Crippen MR) is 65.8 cm³/mol. The summed E-state index contributed by atoms with van der Waals surface area (Å²) in [5.74, 6) is 2.46. The second-order valence-electron chi connectivity index (χ2n) is 4.34. The molecule has 0 aromatic carbocycles. The normalized spacial score (nSPS) is 30.2. The molecule has 0 radical (unpaired) electrons. The van der Waals surface area contributed by atoms with Gasteiger partial charge in [-0.1, -0.05) is 6.92 Å². The molecule has 0 aliphatic heterocycles. The van der Waals surface area contributed by atoms with E-state index in [4.69, 9.17) is 5.73 Å². The van der Waals surface area contributed by atoms with Crippen LogP contribution in [0.25, 0.3) is 0 Å². The first-order chi connectivity index (χ1) is 6.72. The molecule has 1 fully saturated rings. The van der Waals surface area contributed by atoms with Gasteiger partial charge < -0.3 is 11.1 Å². The Morgan fingerprint density at radius 3 is 2.57 bits per heavy atom. The summed E-state index contributed by atoms with van der Waals surface area (Å²) in [5, 5.41) is 3.70. The van der Waals surface area contributed by atoms with Crippen molar-refractivity contribution in [1.82, 2.24) is 5.32 Å². The number of nitrogens with one attached hydrogen (secondary N) is 1. The van der Waals surface area contributed by atoms with Gasteiger partial charge in [-0.2, -0.15) is 11.8 Å². The Hall–Kier alpha value is 0.270. The Kier molecular flexibility index (Phi) is 5.90. The summed E-state index contributed by atoms with van der Waals surface area (Å²) in [5.41, 5.74) is 5.88. The highest BCUT2D eigenvalue weighted by atomic mass is 32.2. The van der Waals surface area contributed by atoms with Crippen LogP contribution in [0.15, 0.2) is 0 Å². The molecule has 14 heavy (non-hydrogen) atoms. The number of nitrogens with two attached hydrogens (primary N) is 1. The van der Waals surface area contributed by atoms with Crippen molar-refractivity contribution in [3.05, 3.63) is 0 Å².